The van der Waals surface area contributed by atoms with Crippen molar-refractivity contribution in [1.29, 1.82) is 0 Å². The van der Waals surface area contributed by atoms with Gasteiger partial charge in [-0.25, -0.2) is 0 Å². The monoisotopic (exact) mass is 295 g/mol. The van der Waals surface area contributed by atoms with Gasteiger partial charge >= 0.3 is 0 Å². The lowest BCUT2D eigenvalue weighted by atomic mass is 10.3. The highest BCUT2D eigenvalue weighted by atomic mass is 35.5. The van der Waals surface area contributed by atoms with E-state index in [1.165, 1.54) is 0 Å². The zero-order valence-corrected chi connectivity index (χ0v) is 11.4. The molecule has 1 amide bonds. The Bertz CT molecular complexity index is 582. The molecule has 0 aliphatic carbocycles. The Labute approximate surface area is 121 Å². The minimum absolute atomic E-state index is 0.116. The third kappa shape index (κ3) is 3.76. The first kappa shape index (κ1) is 14.4. The predicted octanol–water partition coefficient (Wildman–Crippen LogP) is 2.23. The van der Waals surface area contributed by atoms with Crippen LogP contribution < -0.4 is 10.1 Å². The van der Waals surface area contributed by atoms with E-state index in [1.807, 2.05) is 12.1 Å². The van der Waals surface area contributed by atoms with E-state index in [9.17, 15) is 4.79 Å². The maximum atomic E-state index is 11.6. The number of nitrogens with one attached hydrogen (secondary N) is 1. The summed E-state index contributed by atoms with van der Waals surface area (Å²) in [6.07, 6.45) is 0. The van der Waals surface area contributed by atoms with Gasteiger partial charge in [0.1, 0.15) is 18.1 Å². The molecule has 0 aliphatic heterocycles. The largest absolute Gasteiger partial charge is 0.484 e. The van der Waals surface area contributed by atoms with Gasteiger partial charge in [-0.3, -0.25) is 4.79 Å². The molecule has 0 radical (unpaired) electrons. The number of para-hydroxylation sites is 1. The number of carbonyl (C=O) groups excluding carboxylic acids is 1. The molecule has 0 spiro atoms. The molecule has 2 N–H and O–H groups in total. The highest BCUT2D eigenvalue weighted by molar-refractivity contribution is 6.32. The lowest BCUT2D eigenvalue weighted by Gasteiger charge is -2.05. The van der Waals surface area contributed by atoms with Crippen LogP contribution in [0.1, 0.15) is 16.3 Å². The van der Waals surface area contributed by atoms with Crippen LogP contribution in [0.2, 0.25) is 5.02 Å². The van der Waals surface area contributed by atoms with Crippen molar-refractivity contribution in [2.24, 2.45) is 0 Å². The molecule has 1 aromatic carbocycles. The summed E-state index contributed by atoms with van der Waals surface area (Å²) < 4.78 is 10.8. The van der Waals surface area contributed by atoms with E-state index in [0.29, 0.717) is 16.5 Å². The molecule has 6 heteroatoms. The number of benzene rings is 1. The van der Waals surface area contributed by atoms with E-state index >= 15 is 0 Å². The van der Waals surface area contributed by atoms with E-state index in [1.54, 1.807) is 24.3 Å². The molecule has 2 aromatic rings. The number of halogens is 1. The van der Waals surface area contributed by atoms with Gasteiger partial charge in [-0.1, -0.05) is 23.7 Å². The van der Waals surface area contributed by atoms with Gasteiger partial charge in [-0.2, -0.15) is 0 Å². The van der Waals surface area contributed by atoms with Crippen LogP contribution in [0.25, 0.3) is 0 Å². The molecule has 106 valence electrons. The van der Waals surface area contributed by atoms with E-state index in [-0.39, 0.29) is 31.4 Å². The molecule has 1 heterocycles. The van der Waals surface area contributed by atoms with Crippen LogP contribution in [-0.2, 0) is 6.61 Å². The van der Waals surface area contributed by atoms with Gasteiger partial charge in [-0.05, 0) is 24.3 Å². The van der Waals surface area contributed by atoms with Crippen LogP contribution in [0.3, 0.4) is 0 Å². The Morgan fingerprint density at radius 2 is 2.10 bits per heavy atom. The zero-order valence-electron chi connectivity index (χ0n) is 10.6. The van der Waals surface area contributed by atoms with Gasteiger partial charge in [-0.15, -0.1) is 0 Å². The number of aliphatic hydroxyl groups is 1. The number of ether oxygens (including phenoxy) is 1. The predicted molar refractivity (Wildman–Crippen MR) is 73.9 cm³/mol. The first-order valence-electron chi connectivity index (χ1n) is 6.06. The third-order valence-corrected chi connectivity index (χ3v) is 2.80. The highest BCUT2D eigenvalue weighted by Gasteiger charge is 2.11. The summed E-state index contributed by atoms with van der Waals surface area (Å²) in [4.78, 5) is 11.6. The summed E-state index contributed by atoms with van der Waals surface area (Å²) in [5, 5.41) is 11.6. The summed E-state index contributed by atoms with van der Waals surface area (Å²) in [5.41, 5.74) is 0. The average molecular weight is 296 g/mol. The van der Waals surface area contributed by atoms with E-state index in [0.717, 1.165) is 0 Å². The molecule has 20 heavy (non-hydrogen) atoms. The van der Waals surface area contributed by atoms with Crippen LogP contribution in [0.15, 0.2) is 40.8 Å². The molecule has 0 atom stereocenters. The fourth-order valence-electron chi connectivity index (χ4n) is 1.54. The van der Waals surface area contributed by atoms with Crippen molar-refractivity contribution < 1.29 is 19.1 Å². The smallest absolute Gasteiger partial charge is 0.287 e. The number of hydrogen-bond acceptors (Lipinski definition) is 4. The van der Waals surface area contributed by atoms with E-state index < -0.39 is 0 Å². The van der Waals surface area contributed by atoms with Crippen molar-refractivity contribution in [3.63, 3.8) is 0 Å². The Balaban J connectivity index is 1.93. The summed E-state index contributed by atoms with van der Waals surface area (Å²) >= 11 is 5.96. The van der Waals surface area contributed by atoms with Crippen molar-refractivity contribution in [1.82, 2.24) is 5.32 Å². The van der Waals surface area contributed by atoms with Crippen molar-refractivity contribution in [3.8, 4) is 5.75 Å². The van der Waals surface area contributed by atoms with Crippen molar-refractivity contribution in [2.75, 3.05) is 13.2 Å². The highest BCUT2D eigenvalue weighted by Crippen LogP contribution is 2.24. The summed E-state index contributed by atoms with van der Waals surface area (Å²) in [7, 11) is 0. The minimum atomic E-state index is -0.372. The topological polar surface area (TPSA) is 71.7 Å². The SMILES string of the molecule is O=C(NCCO)c1ccc(COc2ccccc2Cl)o1. The lowest BCUT2D eigenvalue weighted by Crippen LogP contribution is -2.25. The fraction of sp³-hybridized carbons (Fsp3) is 0.214. The normalized spacial score (nSPS) is 10.3. The van der Waals surface area contributed by atoms with Crippen LogP contribution in [0.4, 0.5) is 0 Å². The number of aliphatic hydroxyl groups excluding tert-OH is 1. The van der Waals surface area contributed by atoms with Gasteiger partial charge in [0, 0.05) is 6.54 Å². The number of rotatable bonds is 6. The molecule has 0 aliphatic rings. The first-order chi connectivity index (χ1) is 9.70. The van der Waals surface area contributed by atoms with Gasteiger partial charge < -0.3 is 19.6 Å². The maximum absolute atomic E-state index is 11.6. The fourth-order valence-corrected chi connectivity index (χ4v) is 1.74. The van der Waals surface area contributed by atoms with Gasteiger partial charge in [0.05, 0.1) is 11.6 Å². The van der Waals surface area contributed by atoms with E-state index in [2.05, 4.69) is 5.32 Å². The lowest BCUT2D eigenvalue weighted by molar-refractivity contribution is 0.0913. The van der Waals surface area contributed by atoms with Crippen molar-refractivity contribution in [2.45, 2.75) is 6.61 Å². The van der Waals surface area contributed by atoms with Crippen LogP contribution in [0, 0.1) is 0 Å². The molecule has 0 bridgehead atoms. The zero-order chi connectivity index (χ0) is 14.4. The van der Waals surface area contributed by atoms with Crippen molar-refractivity contribution >= 4 is 17.5 Å². The molecule has 0 saturated heterocycles. The molecule has 2 rings (SSSR count). The number of furan rings is 1. The second-order valence-electron chi connectivity index (χ2n) is 3.96. The molecule has 0 fully saturated rings. The number of hydrogen-bond donors (Lipinski definition) is 2. The summed E-state index contributed by atoms with van der Waals surface area (Å²) in [5.74, 6) is 0.871. The quantitative estimate of drug-likeness (QED) is 0.857. The maximum Gasteiger partial charge on any atom is 0.287 e. The summed E-state index contributed by atoms with van der Waals surface area (Å²) in [6, 6.07) is 10.3. The van der Waals surface area contributed by atoms with Crippen LogP contribution in [0.5, 0.6) is 5.75 Å². The Morgan fingerprint density at radius 1 is 1.30 bits per heavy atom. The molecular weight excluding hydrogens is 282 g/mol. The molecule has 5 nitrogen and oxygen atoms in total. The molecule has 0 unspecified atom stereocenters. The average Bonchev–Trinajstić information content (AvgIpc) is 2.93. The number of carbonyl (C=O) groups is 1. The van der Waals surface area contributed by atoms with Crippen molar-refractivity contribution in [3.05, 3.63) is 52.9 Å². The Hall–Kier alpha value is -1.98. The molecule has 1 aromatic heterocycles. The first-order valence-corrected chi connectivity index (χ1v) is 6.43. The third-order valence-electron chi connectivity index (χ3n) is 2.49. The Kier molecular flexibility index (Phi) is 5.03. The minimum Gasteiger partial charge on any atom is -0.484 e. The molecular formula is C14H14ClNO4. The molecule has 0 saturated carbocycles. The van der Waals surface area contributed by atoms with E-state index in [4.69, 9.17) is 25.9 Å². The Morgan fingerprint density at radius 3 is 2.85 bits per heavy atom. The van der Waals surface area contributed by atoms with Crippen LogP contribution in [-0.4, -0.2) is 24.2 Å². The van der Waals surface area contributed by atoms with Crippen LogP contribution >= 0.6 is 11.6 Å². The van der Waals surface area contributed by atoms with Gasteiger partial charge in [0.15, 0.2) is 5.76 Å². The standard InChI is InChI=1S/C14H14ClNO4/c15-11-3-1-2-4-12(11)19-9-10-5-6-13(20-10)14(18)16-7-8-17/h1-6,17H,7-9H2,(H,16,18). The summed E-state index contributed by atoms with van der Waals surface area (Å²) in [6.45, 7) is 0.247. The van der Waals surface area contributed by atoms with Gasteiger partial charge in [0.2, 0.25) is 0 Å². The van der Waals surface area contributed by atoms with Gasteiger partial charge in [0.25, 0.3) is 5.91 Å². The number of amides is 1. The second-order valence-corrected chi connectivity index (χ2v) is 4.37. The second kappa shape index (κ2) is 6.98.